The highest BCUT2D eigenvalue weighted by atomic mass is 35.5. The van der Waals surface area contributed by atoms with Crippen molar-refractivity contribution in [2.24, 2.45) is 0 Å². The average molecular weight is 365 g/mol. The largest absolute Gasteiger partial charge is 0.497 e. The molecule has 9 heteroatoms. The molecule has 0 spiro atoms. The normalized spacial score (nSPS) is 11.4. The van der Waals surface area contributed by atoms with Gasteiger partial charge < -0.3 is 4.74 Å². The van der Waals surface area contributed by atoms with Crippen LogP contribution in [0.1, 0.15) is 5.56 Å². The summed E-state index contributed by atoms with van der Waals surface area (Å²) in [4.78, 5) is 0. The molecule has 0 aliphatic carbocycles. The van der Waals surface area contributed by atoms with Gasteiger partial charge in [0.25, 0.3) is 5.16 Å². The number of nitrogens with zero attached hydrogens (tertiary/aromatic N) is 4. The molecule has 2 aromatic carbocycles. The first-order valence-electron chi connectivity index (χ1n) is 6.90. The van der Waals surface area contributed by atoms with Crippen LogP contribution in [0, 0.1) is 0 Å². The molecule has 1 heterocycles. The zero-order valence-corrected chi connectivity index (χ0v) is 14.2. The first kappa shape index (κ1) is 16.4. The number of halogens is 1. The van der Waals surface area contributed by atoms with E-state index < -0.39 is 9.84 Å². The van der Waals surface area contributed by atoms with Gasteiger partial charge in [-0.3, -0.25) is 0 Å². The van der Waals surface area contributed by atoms with Gasteiger partial charge in [0, 0.05) is 11.1 Å². The van der Waals surface area contributed by atoms with Crippen molar-refractivity contribution in [3.8, 4) is 11.4 Å². The number of ether oxygens (including phenoxy) is 1. The number of hydrogen-bond acceptors (Lipinski definition) is 6. The van der Waals surface area contributed by atoms with Crippen LogP contribution in [-0.4, -0.2) is 35.7 Å². The summed E-state index contributed by atoms with van der Waals surface area (Å²) < 4.78 is 31.7. The smallest absolute Gasteiger partial charge is 0.272 e. The zero-order valence-electron chi connectivity index (χ0n) is 12.6. The number of rotatable bonds is 5. The van der Waals surface area contributed by atoms with Crippen molar-refractivity contribution in [2.75, 3.05) is 7.11 Å². The average Bonchev–Trinajstić information content (AvgIpc) is 3.08. The molecule has 0 aliphatic heterocycles. The third-order valence-electron chi connectivity index (χ3n) is 3.32. The van der Waals surface area contributed by atoms with E-state index in [1.165, 1.54) is 7.11 Å². The van der Waals surface area contributed by atoms with Crippen LogP contribution >= 0.6 is 11.6 Å². The highest BCUT2D eigenvalue weighted by Crippen LogP contribution is 2.23. The van der Waals surface area contributed by atoms with Crippen LogP contribution in [0.5, 0.6) is 5.75 Å². The van der Waals surface area contributed by atoms with E-state index in [9.17, 15) is 8.42 Å². The van der Waals surface area contributed by atoms with Gasteiger partial charge in [-0.15, -0.1) is 0 Å². The van der Waals surface area contributed by atoms with Crippen molar-refractivity contribution >= 4 is 21.4 Å². The van der Waals surface area contributed by atoms with Crippen molar-refractivity contribution in [3.63, 3.8) is 0 Å². The Morgan fingerprint density at radius 1 is 1.17 bits per heavy atom. The monoisotopic (exact) mass is 364 g/mol. The maximum absolute atomic E-state index is 12.7. The molecule has 0 atom stereocenters. The van der Waals surface area contributed by atoms with Crippen molar-refractivity contribution < 1.29 is 13.2 Å². The van der Waals surface area contributed by atoms with E-state index in [0.717, 1.165) is 4.68 Å². The first-order chi connectivity index (χ1) is 11.5. The highest BCUT2D eigenvalue weighted by molar-refractivity contribution is 7.90. The van der Waals surface area contributed by atoms with Crippen LogP contribution in [-0.2, 0) is 15.6 Å². The van der Waals surface area contributed by atoms with Gasteiger partial charge in [-0.25, -0.2) is 8.42 Å². The van der Waals surface area contributed by atoms with Crippen molar-refractivity contribution in [2.45, 2.75) is 10.9 Å². The summed E-state index contributed by atoms with van der Waals surface area (Å²) in [6.07, 6.45) is 0. The summed E-state index contributed by atoms with van der Waals surface area (Å²) in [5.41, 5.74) is 0.969. The lowest BCUT2D eigenvalue weighted by atomic mass is 10.2. The fourth-order valence-electron chi connectivity index (χ4n) is 2.16. The van der Waals surface area contributed by atoms with Crippen LogP contribution in [0.25, 0.3) is 5.69 Å². The predicted molar refractivity (Wildman–Crippen MR) is 88.0 cm³/mol. The molecule has 0 unspecified atom stereocenters. The lowest BCUT2D eigenvalue weighted by molar-refractivity contribution is 0.414. The van der Waals surface area contributed by atoms with E-state index in [-0.39, 0.29) is 10.9 Å². The topological polar surface area (TPSA) is 87.0 Å². The summed E-state index contributed by atoms with van der Waals surface area (Å²) in [6.45, 7) is 0. The lowest BCUT2D eigenvalue weighted by Gasteiger charge is -2.08. The van der Waals surface area contributed by atoms with Crippen molar-refractivity contribution in [3.05, 3.63) is 59.1 Å². The number of hydrogen-bond donors (Lipinski definition) is 0. The Kier molecular flexibility index (Phi) is 4.50. The van der Waals surface area contributed by atoms with Gasteiger partial charge in [-0.1, -0.05) is 41.0 Å². The first-order valence-corrected chi connectivity index (χ1v) is 8.93. The molecule has 124 valence electrons. The Bertz CT molecular complexity index is 972. The van der Waals surface area contributed by atoms with Crippen LogP contribution < -0.4 is 4.74 Å². The molecule has 7 nitrogen and oxygen atoms in total. The maximum atomic E-state index is 12.7. The molecular formula is C15H13ClN4O3S. The molecule has 3 rings (SSSR count). The van der Waals surface area contributed by atoms with Crippen LogP contribution in [0.4, 0.5) is 0 Å². The van der Waals surface area contributed by atoms with Gasteiger partial charge in [-0.2, -0.15) is 4.68 Å². The fourth-order valence-corrected chi connectivity index (χ4v) is 3.80. The number of tetrazole rings is 1. The summed E-state index contributed by atoms with van der Waals surface area (Å²) >= 11 is 6.05. The molecule has 0 bridgehead atoms. The summed E-state index contributed by atoms with van der Waals surface area (Å²) in [6, 6.07) is 13.5. The van der Waals surface area contributed by atoms with Gasteiger partial charge in [0.15, 0.2) is 0 Å². The molecule has 24 heavy (non-hydrogen) atoms. The Labute approximate surface area is 143 Å². The van der Waals surface area contributed by atoms with Crippen LogP contribution in [0.3, 0.4) is 0 Å². The maximum Gasteiger partial charge on any atom is 0.272 e. The standard InChI is InChI=1S/C15H13ClN4O3S/c1-23-13-7-4-6-12(9-13)20-15(17-18-19-20)24(21,22)10-11-5-2-3-8-14(11)16/h2-9H,10H2,1H3. The van der Waals surface area contributed by atoms with Gasteiger partial charge >= 0.3 is 0 Å². The van der Waals surface area contributed by atoms with E-state index in [2.05, 4.69) is 15.5 Å². The fraction of sp³-hybridized carbons (Fsp3) is 0.133. The third-order valence-corrected chi connectivity index (χ3v) is 5.19. The Hall–Kier alpha value is -2.45. The quantitative estimate of drug-likeness (QED) is 0.690. The lowest BCUT2D eigenvalue weighted by Crippen LogP contribution is -2.13. The minimum atomic E-state index is -3.79. The molecule has 0 saturated carbocycles. The van der Waals surface area contributed by atoms with E-state index >= 15 is 0 Å². The second-order valence-electron chi connectivity index (χ2n) is 4.93. The number of methoxy groups -OCH3 is 1. The third kappa shape index (κ3) is 3.24. The summed E-state index contributed by atoms with van der Waals surface area (Å²) in [7, 11) is -2.27. The number of benzene rings is 2. The van der Waals surface area contributed by atoms with Gasteiger partial charge in [0.1, 0.15) is 5.75 Å². The Balaban J connectivity index is 2.01. The minimum Gasteiger partial charge on any atom is -0.497 e. The molecule has 0 N–H and O–H groups in total. The number of aromatic nitrogens is 4. The SMILES string of the molecule is COc1cccc(-n2nnnc2S(=O)(=O)Cc2ccccc2Cl)c1. The second kappa shape index (κ2) is 6.58. The molecule has 0 fully saturated rings. The van der Waals surface area contributed by atoms with E-state index in [1.54, 1.807) is 48.5 Å². The molecule has 3 aromatic rings. The molecule has 0 amide bonds. The zero-order chi connectivity index (χ0) is 17.2. The Morgan fingerprint density at radius 2 is 1.96 bits per heavy atom. The van der Waals surface area contributed by atoms with E-state index in [0.29, 0.717) is 22.0 Å². The summed E-state index contributed by atoms with van der Waals surface area (Å²) in [5, 5.41) is 11.1. The minimum absolute atomic E-state index is 0.254. The molecule has 1 aromatic heterocycles. The number of sulfone groups is 1. The van der Waals surface area contributed by atoms with E-state index in [1.807, 2.05) is 0 Å². The molecule has 0 saturated heterocycles. The molecular weight excluding hydrogens is 352 g/mol. The molecule has 0 radical (unpaired) electrons. The van der Waals surface area contributed by atoms with Crippen LogP contribution in [0.2, 0.25) is 5.02 Å². The summed E-state index contributed by atoms with van der Waals surface area (Å²) in [5.74, 6) is 0.272. The molecule has 0 aliphatic rings. The Morgan fingerprint density at radius 3 is 2.71 bits per heavy atom. The second-order valence-corrected chi connectivity index (χ2v) is 7.22. The highest BCUT2D eigenvalue weighted by Gasteiger charge is 2.25. The van der Waals surface area contributed by atoms with Crippen molar-refractivity contribution in [1.29, 1.82) is 0 Å². The van der Waals surface area contributed by atoms with Crippen LogP contribution in [0.15, 0.2) is 53.7 Å². The predicted octanol–water partition coefficient (Wildman–Crippen LogP) is 2.30. The van der Waals surface area contributed by atoms with Gasteiger partial charge in [0.2, 0.25) is 9.84 Å². The van der Waals surface area contributed by atoms with Crippen molar-refractivity contribution in [1.82, 2.24) is 20.2 Å². The van der Waals surface area contributed by atoms with Gasteiger partial charge in [0.05, 0.1) is 18.6 Å². The van der Waals surface area contributed by atoms with E-state index in [4.69, 9.17) is 16.3 Å². The van der Waals surface area contributed by atoms with Gasteiger partial charge in [-0.05, 0) is 34.2 Å².